The molecule has 0 aliphatic heterocycles. The number of benzene rings is 1. The molecule has 0 saturated heterocycles. The second kappa shape index (κ2) is 6.04. The van der Waals surface area contributed by atoms with Crippen molar-refractivity contribution < 1.29 is 27.5 Å². The topological polar surface area (TPSA) is 37.3 Å². The molecule has 0 aliphatic rings. The van der Waals surface area contributed by atoms with Crippen molar-refractivity contribution in [3.8, 4) is 0 Å². The third-order valence-electron chi connectivity index (χ3n) is 2.89. The fourth-order valence-electron chi connectivity index (χ4n) is 1.65. The highest BCUT2D eigenvalue weighted by molar-refractivity contribution is 5.69. The van der Waals surface area contributed by atoms with E-state index in [1.807, 2.05) is 0 Å². The third-order valence-corrected chi connectivity index (χ3v) is 2.89. The lowest BCUT2D eigenvalue weighted by Gasteiger charge is -2.10. The summed E-state index contributed by atoms with van der Waals surface area (Å²) in [5.41, 5.74) is -0.849. The zero-order chi connectivity index (χ0) is 14.6. The summed E-state index contributed by atoms with van der Waals surface area (Å²) in [7, 11) is 0. The molecule has 2 nitrogen and oxygen atoms in total. The number of carbonyl (C=O) groups is 1. The maximum absolute atomic E-state index is 13.4. The van der Waals surface area contributed by atoms with Crippen LogP contribution in [0.3, 0.4) is 0 Å². The van der Waals surface area contributed by atoms with E-state index in [-0.39, 0.29) is 12.0 Å². The van der Waals surface area contributed by atoms with Gasteiger partial charge in [-0.05, 0) is 37.0 Å². The molecule has 0 aromatic heterocycles. The predicted octanol–water partition coefficient (Wildman–Crippen LogP) is 3.89. The van der Waals surface area contributed by atoms with Gasteiger partial charge < -0.3 is 5.11 Å². The standard InChI is InChI=1S/C13H14F4O2/c1-8(12(18)19)3-2-4-9-5-6-10(7-11(9)14)13(15,16)17/h5-8H,2-4H2,1H3,(H,18,19). The fourth-order valence-corrected chi connectivity index (χ4v) is 1.65. The highest BCUT2D eigenvalue weighted by Gasteiger charge is 2.31. The van der Waals surface area contributed by atoms with Crippen LogP contribution >= 0.6 is 0 Å². The molecule has 0 heterocycles. The Morgan fingerprint density at radius 2 is 2.00 bits per heavy atom. The number of hydrogen-bond acceptors (Lipinski definition) is 1. The Bertz CT molecular complexity index is 454. The molecule has 1 aromatic rings. The smallest absolute Gasteiger partial charge is 0.416 e. The van der Waals surface area contributed by atoms with Crippen LogP contribution in [0.1, 0.15) is 30.9 Å². The van der Waals surface area contributed by atoms with E-state index in [0.717, 1.165) is 12.1 Å². The van der Waals surface area contributed by atoms with Gasteiger partial charge in [-0.1, -0.05) is 13.0 Å². The first-order chi connectivity index (χ1) is 8.71. The minimum atomic E-state index is -4.56. The van der Waals surface area contributed by atoms with Crippen LogP contribution in [0, 0.1) is 11.7 Å². The molecule has 1 unspecified atom stereocenters. The van der Waals surface area contributed by atoms with Crippen molar-refractivity contribution in [3.05, 3.63) is 35.1 Å². The molecule has 0 fully saturated rings. The maximum atomic E-state index is 13.4. The zero-order valence-corrected chi connectivity index (χ0v) is 10.3. The minimum Gasteiger partial charge on any atom is -0.481 e. The van der Waals surface area contributed by atoms with Crippen LogP contribution in [-0.4, -0.2) is 11.1 Å². The van der Waals surface area contributed by atoms with Gasteiger partial charge in [0.15, 0.2) is 0 Å². The lowest BCUT2D eigenvalue weighted by Crippen LogP contribution is -2.10. The molecule has 1 aromatic carbocycles. The van der Waals surface area contributed by atoms with E-state index >= 15 is 0 Å². The van der Waals surface area contributed by atoms with Gasteiger partial charge in [-0.25, -0.2) is 4.39 Å². The van der Waals surface area contributed by atoms with Crippen LogP contribution in [0.25, 0.3) is 0 Å². The van der Waals surface area contributed by atoms with Crippen LogP contribution in [-0.2, 0) is 17.4 Å². The monoisotopic (exact) mass is 278 g/mol. The number of carboxylic acids is 1. The van der Waals surface area contributed by atoms with Crippen molar-refractivity contribution in [2.45, 2.75) is 32.4 Å². The number of halogens is 4. The molecule has 6 heteroatoms. The summed E-state index contributed by atoms with van der Waals surface area (Å²) in [6.45, 7) is 1.53. The first-order valence-corrected chi connectivity index (χ1v) is 5.80. The molecule has 0 amide bonds. The van der Waals surface area contributed by atoms with E-state index in [4.69, 9.17) is 5.11 Å². The van der Waals surface area contributed by atoms with Gasteiger partial charge in [0.2, 0.25) is 0 Å². The SMILES string of the molecule is CC(CCCc1ccc(C(F)(F)F)cc1F)C(=O)O. The normalized spacial score (nSPS) is 13.3. The quantitative estimate of drug-likeness (QED) is 0.830. The van der Waals surface area contributed by atoms with Crippen molar-refractivity contribution in [2.75, 3.05) is 0 Å². The summed E-state index contributed by atoms with van der Waals surface area (Å²) in [4.78, 5) is 10.6. The molecule has 0 spiro atoms. The minimum absolute atomic E-state index is 0.172. The predicted molar refractivity (Wildman–Crippen MR) is 61.1 cm³/mol. The Hall–Kier alpha value is -1.59. The number of hydrogen-bond donors (Lipinski definition) is 1. The molecular formula is C13H14F4O2. The molecule has 0 saturated carbocycles. The van der Waals surface area contributed by atoms with Gasteiger partial charge in [0.1, 0.15) is 5.82 Å². The van der Waals surface area contributed by atoms with Crippen molar-refractivity contribution in [2.24, 2.45) is 5.92 Å². The zero-order valence-electron chi connectivity index (χ0n) is 10.3. The van der Waals surface area contributed by atoms with E-state index < -0.39 is 29.4 Å². The molecule has 0 bridgehead atoms. The summed E-state index contributed by atoms with van der Waals surface area (Å²) in [6.07, 6.45) is -3.57. The van der Waals surface area contributed by atoms with Gasteiger partial charge in [-0.3, -0.25) is 4.79 Å². The van der Waals surface area contributed by atoms with Crippen LogP contribution in [0.5, 0.6) is 0 Å². The summed E-state index contributed by atoms with van der Waals surface area (Å²) < 4.78 is 50.4. The third kappa shape index (κ3) is 4.54. The Labute approximate surface area is 108 Å². The average Bonchev–Trinajstić information content (AvgIpc) is 2.29. The summed E-state index contributed by atoms with van der Waals surface area (Å²) in [5.74, 6) is -2.39. The maximum Gasteiger partial charge on any atom is 0.416 e. The molecule has 1 N–H and O–H groups in total. The van der Waals surface area contributed by atoms with E-state index in [1.165, 1.54) is 6.92 Å². The number of aliphatic carboxylic acids is 1. The van der Waals surface area contributed by atoms with Gasteiger partial charge in [-0.15, -0.1) is 0 Å². The molecule has 0 aliphatic carbocycles. The van der Waals surface area contributed by atoms with Crippen LogP contribution in [0.4, 0.5) is 17.6 Å². The van der Waals surface area contributed by atoms with Crippen LogP contribution in [0.15, 0.2) is 18.2 Å². The highest BCUT2D eigenvalue weighted by Crippen LogP contribution is 2.30. The van der Waals surface area contributed by atoms with Gasteiger partial charge in [0, 0.05) is 0 Å². The summed E-state index contributed by atoms with van der Waals surface area (Å²) in [5, 5.41) is 8.66. The van der Waals surface area contributed by atoms with Crippen molar-refractivity contribution >= 4 is 5.97 Å². The second-order valence-electron chi connectivity index (χ2n) is 4.44. The van der Waals surface area contributed by atoms with Crippen molar-refractivity contribution in [3.63, 3.8) is 0 Å². The number of carboxylic acid groups (broad SMARTS) is 1. The van der Waals surface area contributed by atoms with Gasteiger partial charge in [0.25, 0.3) is 0 Å². The Morgan fingerprint density at radius 1 is 1.37 bits per heavy atom. The number of alkyl halides is 3. The first-order valence-electron chi connectivity index (χ1n) is 5.80. The van der Waals surface area contributed by atoms with Crippen molar-refractivity contribution in [1.29, 1.82) is 0 Å². The van der Waals surface area contributed by atoms with E-state index in [2.05, 4.69) is 0 Å². The Balaban J connectivity index is 2.63. The fraction of sp³-hybridized carbons (Fsp3) is 0.462. The van der Waals surface area contributed by atoms with Crippen molar-refractivity contribution in [1.82, 2.24) is 0 Å². The summed E-state index contributed by atoms with van der Waals surface area (Å²) in [6, 6.07) is 2.40. The Morgan fingerprint density at radius 3 is 2.47 bits per heavy atom. The molecule has 0 radical (unpaired) electrons. The van der Waals surface area contributed by atoms with Crippen LogP contribution in [0.2, 0.25) is 0 Å². The van der Waals surface area contributed by atoms with Gasteiger partial charge >= 0.3 is 12.1 Å². The second-order valence-corrected chi connectivity index (χ2v) is 4.44. The Kier molecular flexibility index (Phi) is 4.91. The molecule has 1 rings (SSSR count). The lowest BCUT2D eigenvalue weighted by molar-refractivity contribution is -0.141. The molecule has 19 heavy (non-hydrogen) atoms. The van der Waals surface area contributed by atoms with E-state index in [0.29, 0.717) is 18.9 Å². The van der Waals surface area contributed by atoms with Crippen LogP contribution < -0.4 is 0 Å². The van der Waals surface area contributed by atoms with Gasteiger partial charge in [-0.2, -0.15) is 13.2 Å². The highest BCUT2D eigenvalue weighted by atomic mass is 19.4. The van der Waals surface area contributed by atoms with Gasteiger partial charge in [0.05, 0.1) is 11.5 Å². The van der Waals surface area contributed by atoms with E-state index in [9.17, 15) is 22.4 Å². The number of aryl methyl sites for hydroxylation is 1. The van der Waals surface area contributed by atoms with E-state index in [1.54, 1.807) is 0 Å². The lowest BCUT2D eigenvalue weighted by atomic mass is 10.00. The molecule has 106 valence electrons. The number of rotatable bonds is 5. The average molecular weight is 278 g/mol. The largest absolute Gasteiger partial charge is 0.481 e. The first kappa shape index (κ1) is 15.5. The summed E-state index contributed by atoms with van der Waals surface area (Å²) >= 11 is 0. The molecular weight excluding hydrogens is 264 g/mol. The molecule has 1 atom stereocenters.